The molecule has 0 aromatic heterocycles. The number of hydrogen-bond donors (Lipinski definition) is 1. The molecule has 0 radical (unpaired) electrons. The normalized spacial score (nSPS) is 12.0. The van der Waals surface area contributed by atoms with Crippen LogP contribution in [0.25, 0.3) is 0 Å². The Morgan fingerprint density at radius 2 is 1.70 bits per heavy atom. The van der Waals surface area contributed by atoms with E-state index in [2.05, 4.69) is 23.6 Å². The van der Waals surface area contributed by atoms with Crippen LogP contribution in [0, 0.1) is 0 Å². The quantitative estimate of drug-likeness (QED) is 0.458. The molecule has 146 valence electrons. The Morgan fingerprint density at radius 1 is 1.00 bits per heavy atom. The molecule has 5 nitrogen and oxygen atoms in total. The summed E-state index contributed by atoms with van der Waals surface area (Å²) in [6, 6.07) is 16.1. The first-order chi connectivity index (χ1) is 13.2. The van der Waals surface area contributed by atoms with Crippen LogP contribution in [-0.4, -0.2) is 50.1 Å². The fraction of sp³-hybridized carbons (Fsp3) is 0.364. The van der Waals surface area contributed by atoms with E-state index in [1.807, 2.05) is 36.4 Å². The predicted molar refractivity (Wildman–Crippen MR) is 107 cm³/mol. The van der Waals surface area contributed by atoms with Crippen LogP contribution in [0.1, 0.15) is 11.1 Å². The van der Waals surface area contributed by atoms with Gasteiger partial charge in [0.25, 0.3) is 0 Å². The molecule has 0 fully saturated rings. The summed E-state index contributed by atoms with van der Waals surface area (Å²) in [6.45, 7) is 6.24. The first-order valence-electron chi connectivity index (χ1n) is 9.00. The molecule has 5 heteroatoms. The number of hydrogen-bond acceptors (Lipinski definition) is 5. The van der Waals surface area contributed by atoms with Gasteiger partial charge in [0.2, 0.25) is 0 Å². The van der Waals surface area contributed by atoms with Crippen molar-refractivity contribution in [2.75, 3.05) is 34.0 Å². The average Bonchev–Trinajstić information content (AvgIpc) is 2.68. The molecule has 2 rings (SSSR count). The van der Waals surface area contributed by atoms with Gasteiger partial charge in [0.1, 0.15) is 0 Å². The summed E-state index contributed by atoms with van der Waals surface area (Å²) in [4.78, 5) is 2.19. The SMILES string of the molecule is C=CCOC[C@H](O)CN(Cc1ccccc1)Cc1ccc(OC)c(OC)c1. The molecule has 1 atom stereocenters. The van der Waals surface area contributed by atoms with Gasteiger partial charge >= 0.3 is 0 Å². The van der Waals surface area contributed by atoms with Gasteiger partial charge in [-0.15, -0.1) is 6.58 Å². The molecule has 2 aromatic carbocycles. The molecular weight excluding hydrogens is 342 g/mol. The molecule has 0 amide bonds. The van der Waals surface area contributed by atoms with E-state index in [1.165, 1.54) is 5.56 Å². The van der Waals surface area contributed by atoms with Gasteiger partial charge in [-0.2, -0.15) is 0 Å². The molecule has 27 heavy (non-hydrogen) atoms. The van der Waals surface area contributed by atoms with Crippen LogP contribution in [0.4, 0.5) is 0 Å². The number of rotatable bonds is 12. The zero-order chi connectivity index (χ0) is 19.5. The van der Waals surface area contributed by atoms with Crippen LogP contribution in [0.15, 0.2) is 61.2 Å². The second-order valence-electron chi connectivity index (χ2n) is 6.32. The summed E-state index contributed by atoms with van der Waals surface area (Å²) in [5.74, 6) is 1.40. The van der Waals surface area contributed by atoms with E-state index in [4.69, 9.17) is 14.2 Å². The molecular formula is C22H29NO4. The summed E-state index contributed by atoms with van der Waals surface area (Å²) in [7, 11) is 3.25. The first kappa shape index (κ1) is 21.0. The molecule has 0 heterocycles. The topological polar surface area (TPSA) is 51.2 Å². The van der Waals surface area contributed by atoms with Gasteiger partial charge in [-0.1, -0.05) is 42.5 Å². The van der Waals surface area contributed by atoms with Crippen LogP contribution < -0.4 is 9.47 Å². The smallest absolute Gasteiger partial charge is 0.161 e. The van der Waals surface area contributed by atoms with E-state index in [0.717, 1.165) is 12.1 Å². The standard InChI is InChI=1S/C22H29NO4/c1-4-12-27-17-20(24)16-23(14-18-8-6-5-7-9-18)15-19-10-11-21(25-2)22(13-19)26-3/h4-11,13,20,24H,1,12,14-17H2,2-3H3/t20-/m1/s1. The lowest BCUT2D eigenvalue weighted by Crippen LogP contribution is -2.34. The van der Waals surface area contributed by atoms with Crippen molar-refractivity contribution in [2.45, 2.75) is 19.2 Å². The molecule has 0 aliphatic rings. The van der Waals surface area contributed by atoms with E-state index in [1.54, 1.807) is 20.3 Å². The average molecular weight is 371 g/mol. The Labute approximate surface area is 161 Å². The molecule has 0 bridgehead atoms. The van der Waals surface area contributed by atoms with Crippen molar-refractivity contribution >= 4 is 0 Å². The van der Waals surface area contributed by atoms with E-state index in [0.29, 0.717) is 31.2 Å². The van der Waals surface area contributed by atoms with E-state index in [-0.39, 0.29) is 6.61 Å². The third-order valence-corrected chi connectivity index (χ3v) is 4.12. The number of methoxy groups -OCH3 is 2. The Morgan fingerprint density at radius 3 is 2.37 bits per heavy atom. The highest BCUT2D eigenvalue weighted by Crippen LogP contribution is 2.28. The fourth-order valence-electron chi connectivity index (χ4n) is 2.90. The molecule has 0 aliphatic carbocycles. The Kier molecular flexibility index (Phi) is 8.84. The van der Waals surface area contributed by atoms with Crippen molar-refractivity contribution in [1.82, 2.24) is 4.90 Å². The highest BCUT2D eigenvalue weighted by atomic mass is 16.5. The van der Waals surface area contributed by atoms with E-state index >= 15 is 0 Å². The van der Waals surface area contributed by atoms with Gasteiger partial charge in [-0.3, -0.25) is 4.90 Å². The molecule has 0 unspecified atom stereocenters. The van der Waals surface area contributed by atoms with Crippen molar-refractivity contribution in [1.29, 1.82) is 0 Å². The molecule has 0 saturated heterocycles. The van der Waals surface area contributed by atoms with Gasteiger partial charge in [-0.05, 0) is 23.3 Å². The van der Waals surface area contributed by atoms with Crippen molar-refractivity contribution in [3.8, 4) is 11.5 Å². The molecule has 2 aromatic rings. The lowest BCUT2D eigenvalue weighted by atomic mass is 10.1. The summed E-state index contributed by atoms with van der Waals surface area (Å²) < 4.78 is 16.1. The number of benzene rings is 2. The minimum Gasteiger partial charge on any atom is -0.493 e. The fourth-order valence-corrected chi connectivity index (χ4v) is 2.90. The van der Waals surface area contributed by atoms with Crippen molar-refractivity contribution < 1.29 is 19.3 Å². The van der Waals surface area contributed by atoms with Gasteiger partial charge in [0.15, 0.2) is 11.5 Å². The zero-order valence-corrected chi connectivity index (χ0v) is 16.1. The maximum atomic E-state index is 10.3. The lowest BCUT2D eigenvalue weighted by Gasteiger charge is -2.25. The largest absolute Gasteiger partial charge is 0.493 e. The van der Waals surface area contributed by atoms with Crippen LogP contribution in [0.5, 0.6) is 11.5 Å². The first-order valence-corrected chi connectivity index (χ1v) is 9.00. The molecule has 0 saturated carbocycles. The lowest BCUT2D eigenvalue weighted by molar-refractivity contribution is 0.0228. The zero-order valence-electron chi connectivity index (χ0n) is 16.1. The Balaban J connectivity index is 2.09. The summed E-state index contributed by atoms with van der Waals surface area (Å²) in [5, 5.41) is 10.3. The van der Waals surface area contributed by atoms with Crippen molar-refractivity contribution in [3.05, 3.63) is 72.3 Å². The molecule has 0 spiro atoms. The number of ether oxygens (including phenoxy) is 3. The van der Waals surface area contributed by atoms with Crippen LogP contribution in [0.2, 0.25) is 0 Å². The second kappa shape index (κ2) is 11.4. The second-order valence-corrected chi connectivity index (χ2v) is 6.32. The Bertz CT molecular complexity index is 690. The van der Waals surface area contributed by atoms with Crippen LogP contribution in [0.3, 0.4) is 0 Å². The number of nitrogens with zero attached hydrogens (tertiary/aromatic N) is 1. The summed E-state index contributed by atoms with van der Waals surface area (Å²) in [5.41, 5.74) is 2.28. The maximum absolute atomic E-state index is 10.3. The monoisotopic (exact) mass is 371 g/mol. The molecule has 0 aliphatic heterocycles. The van der Waals surface area contributed by atoms with Gasteiger partial charge in [0.05, 0.1) is 33.5 Å². The maximum Gasteiger partial charge on any atom is 0.161 e. The van der Waals surface area contributed by atoms with Crippen LogP contribution in [-0.2, 0) is 17.8 Å². The molecule has 1 N–H and O–H groups in total. The number of aliphatic hydroxyl groups is 1. The van der Waals surface area contributed by atoms with Crippen molar-refractivity contribution in [2.24, 2.45) is 0 Å². The minimum atomic E-state index is -0.575. The predicted octanol–water partition coefficient (Wildman–Crippen LogP) is 3.27. The van der Waals surface area contributed by atoms with E-state index < -0.39 is 6.10 Å². The van der Waals surface area contributed by atoms with Gasteiger partial charge in [0, 0.05) is 19.6 Å². The van der Waals surface area contributed by atoms with Crippen LogP contribution >= 0.6 is 0 Å². The van der Waals surface area contributed by atoms with Crippen molar-refractivity contribution in [3.63, 3.8) is 0 Å². The number of aliphatic hydroxyl groups excluding tert-OH is 1. The van der Waals surface area contributed by atoms with Gasteiger partial charge in [-0.25, -0.2) is 0 Å². The summed E-state index contributed by atoms with van der Waals surface area (Å²) >= 11 is 0. The van der Waals surface area contributed by atoms with Gasteiger partial charge < -0.3 is 19.3 Å². The summed E-state index contributed by atoms with van der Waals surface area (Å²) in [6.07, 6.45) is 1.10. The Hall–Kier alpha value is -2.34. The minimum absolute atomic E-state index is 0.281. The van der Waals surface area contributed by atoms with E-state index in [9.17, 15) is 5.11 Å². The highest BCUT2D eigenvalue weighted by Gasteiger charge is 2.14. The third kappa shape index (κ3) is 7.06. The third-order valence-electron chi connectivity index (χ3n) is 4.12. The highest BCUT2D eigenvalue weighted by molar-refractivity contribution is 5.42.